The molecule has 2 atom stereocenters. The molecule has 1 aliphatic heterocycles. The minimum absolute atomic E-state index is 0.354. The third kappa shape index (κ3) is 1.97. The molecule has 0 saturated heterocycles. The zero-order valence-corrected chi connectivity index (χ0v) is 12.9. The van der Waals surface area contributed by atoms with Crippen LogP contribution in [0.25, 0.3) is 11.4 Å². The van der Waals surface area contributed by atoms with Crippen LogP contribution in [0.4, 0.5) is 10.2 Å². The van der Waals surface area contributed by atoms with Gasteiger partial charge in [-0.2, -0.15) is 10.1 Å². The Kier molecular flexibility index (Phi) is 2.80. The van der Waals surface area contributed by atoms with Crippen LogP contribution < -0.4 is 5.32 Å². The lowest BCUT2D eigenvalue weighted by Crippen LogP contribution is -2.17. The Morgan fingerprint density at radius 2 is 2.17 bits per heavy atom. The first-order valence-corrected chi connectivity index (χ1v) is 8.14. The Balaban J connectivity index is 1.44. The fraction of sp³-hybridized carbons (Fsp3) is 0.353. The Morgan fingerprint density at radius 3 is 3.04 bits per heavy atom. The number of hydrogen-bond donors (Lipinski definition) is 1. The number of aryl methyl sites for hydroxylation is 1. The van der Waals surface area contributed by atoms with Crippen molar-refractivity contribution in [2.75, 3.05) is 11.9 Å². The van der Waals surface area contributed by atoms with Gasteiger partial charge in [0.05, 0.1) is 17.7 Å². The van der Waals surface area contributed by atoms with Crippen molar-refractivity contribution < 1.29 is 8.91 Å². The molecule has 0 amide bonds. The average molecular weight is 325 g/mol. The Hall–Kier alpha value is -2.70. The zero-order chi connectivity index (χ0) is 16.1. The second-order valence-electron chi connectivity index (χ2n) is 6.35. The van der Waals surface area contributed by atoms with Crippen molar-refractivity contribution in [3.05, 3.63) is 48.0 Å². The van der Waals surface area contributed by atoms with Crippen LogP contribution in [0.3, 0.4) is 0 Å². The molecule has 0 spiro atoms. The fourth-order valence-electron chi connectivity index (χ4n) is 3.38. The minimum Gasteiger partial charge on any atom is -0.370 e. The number of fused-ring (bicyclic) bond motifs is 1. The number of halogens is 1. The summed E-state index contributed by atoms with van der Waals surface area (Å²) in [6, 6.07) is 9.17. The van der Waals surface area contributed by atoms with E-state index in [0.29, 0.717) is 23.7 Å². The van der Waals surface area contributed by atoms with E-state index in [2.05, 4.69) is 20.6 Å². The van der Waals surface area contributed by atoms with E-state index in [1.54, 1.807) is 18.3 Å². The fourth-order valence-corrected chi connectivity index (χ4v) is 3.38. The van der Waals surface area contributed by atoms with E-state index < -0.39 is 5.67 Å². The molecular formula is C17H16FN5O. The summed E-state index contributed by atoms with van der Waals surface area (Å²) in [7, 11) is 0. The van der Waals surface area contributed by atoms with E-state index in [9.17, 15) is 0 Å². The summed E-state index contributed by atoms with van der Waals surface area (Å²) in [5, 5.41) is 11.7. The van der Waals surface area contributed by atoms with Gasteiger partial charge in [0.2, 0.25) is 11.7 Å². The summed E-state index contributed by atoms with van der Waals surface area (Å²) in [6.07, 6.45) is 3.15. The summed E-state index contributed by atoms with van der Waals surface area (Å²) in [6.45, 7) is 1.77. The average Bonchev–Trinajstić information content (AvgIpc) is 3.01. The normalized spacial score (nSPS) is 25.1. The van der Waals surface area contributed by atoms with Gasteiger partial charge in [0.25, 0.3) is 0 Å². The van der Waals surface area contributed by atoms with Crippen molar-refractivity contribution in [1.29, 1.82) is 0 Å². The molecular weight excluding hydrogens is 309 g/mol. The van der Waals surface area contributed by atoms with Gasteiger partial charge in [0.1, 0.15) is 11.5 Å². The quantitative estimate of drug-likeness (QED) is 0.801. The van der Waals surface area contributed by atoms with Gasteiger partial charge in [0, 0.05) is 19.5 Å². The third-order valence-electron chi connectivity index (χ3n) is 4.81. The molecule has 122 valence electrons. The molecule has 0 bridgehead atoms. The molecule has 6 nitrogen and oxygen atoms in total. The first-order chi connectivity index (χ1) is 11.8. The maximum atomic E-state index is 15.1. The van der Waals surface area contributed by atoms with Crippen LogP contribution in [-0.2, 0) is 12.2 Å². The second kappa shape index (κ2) is 4.90. The van der Waals surface area contributed by atoms with E-state index >= 15 is 4.39 Å². The van der Waals surface area contributed by atoms with Gasteiger partial charge in [-0.1, -0.05) is 35.5 Å². The summed E-state index contributed by atoms with van der Waals surface area (Å²) in [4.78, 5) is 4.43. The van der Waals surface area contributed by atoms with E-state index in [4.69, 9.17) is 4.52 Å². The molecule has 2 aromatic heterocycles. The van der Waals surface area contributed by atoms with Crippen LogP contribution in [0.5, 0.6) is 0 Å². The maximum absolute atomic E-state index is 15.1. The van der Waals surface area contributed by atoms with Gasteiger partial charge >= 0.3 is 0 Å². The van der Waals surface area contributed by atoms with Crippen molar-refractivity contribution >= 4 is 5.82 Å². The highest BCUT2D eigenvalue weighted by Gasteiger charge is 2.60. The van der Waals surface area contributed by atoms with Crippen LogP contribution in [0, 0.1) is 0 Å². The molecule has 1 N–H and O–H groups in total. The number of hydrogen-bond acceptors (Lipinski definition) is 5. The zero-order valence-electron chi connectivity index (χ0n) is 12.9. The second-order valence-corrected chi connectivity index (χ2v) is 6.35. The van der Waals surface area contributed by atoms with Crippen molar-refractivity contribution in [2.24, 2.45) is 0 Å². The Bertz CT molecular complexity index is 890. The lowest BCUT2D eigenvalue weighted by atomic mass is 10.1. The van der Waals surface area contributed by atoms with Crippen molar-refractivity contribution in [3.8, 4) is 11.4 Å². The molecule has 2 unspecified atom stereocenters. The predicted octanol–water partition coefficient (Wildman–Crippen LogP) is 3.10. The smallest absolute Gasteiger partial charge is 0.233 e. The molecule has 1 aromatic carbocycles. The monoisotopic (exact) mass is 325 g/mol. The number of anilines is 1. The van der Waals surface area contributed by atoms with Crippen LogP contribution in [0.15, 0.2) is 41.1 Å². The minimum atomic E-state index is -1.40. The Morgan fingerprint density at radius 1 is 1.29 bits per heavy atom. The van der Waals surface area contributed by atoms with Gasteiger partial charge in [-0.15, -0.1) is 0 Å². The molecule has 1 aliphatic carbocycles. The summed E-state index contributed by atoms with van der Waals surface area (Å²) < 4.78 is 22.3. The van der Waals surface area contributed by atoms with Gasteiger partial charge in [0.15, 0.2) is 0 Å². The summed E-state index contributed by atoms with van der Waals surface area (Å²) in [5.41, 5.74) is 0.0655. The third-order valence-corrected chi connectivity index (χ3v) is 4.81. The van der Waals surface area contributed by atoms with Crippen molar-refractivity contribution in [3.63, 3.8) is 0 Å². The van der Waals surface area contributed by atoms with Gasteiger partial charge < -0.3 is 9.84 Å². The number of alkyl halides is 1. The van der Waals surface area contributed by atoms with Gasteiger partial charge in [-0.25, -0.2) is 9.07 Å². The highest BCUT2D eigenvalue weighted by atomic mass is 19.1. The van der Waals surface area contributed by atoms with E-state index in [1.807, 2.05) is 22.9 Å². The largest absolute Gasteiger partial charge is 0.370 e. The molecule has 1 saturated carbocycles. The molecule has 24 heavy (non-hydrogen) atoms. The predicted molar refractivity (Wildman–Crippen MR) is 85.2 cm³/mol. The van der Waals surface area contributed by atoms with E-state index in [-0.39, 0.29) is 5.92 Å². The Labute approximate surface area is 137 Å². The molecule has 3 heterocycles. The van der Waals surface area contributed by atoms with Crippen molar-refractivity contribution in [1.82, 2.24) is 19.9 Å². The number of nitrogens with one attached hydrogen (secondary N) is 1. The first-order valence-electron chi connectivity index (χ1n) is 8.14. The standard InChI is InChI=1S/C17H16FN5O/c18-17(11-5-2-1-3-6-11)9-13(17)16-21-14(22-24-16)12-10-20-23-8-4-7-19-15(12)23/h1-3,5-6,10,13,19H,4,7-9H2. The number of nitrogens with zero attached hydrogens (tertiary/aromatic N) is 4. The molecule has 5 rings (SSSR count). The lowest BCUT2D eigenvalue weighted by Gasteiger charge is -2.15. The SMILES string of the molecule is FC1(c2ccccc2)CC1c1nc(-c2cnn3c2NCCC3)no1. The topological polar surface area (TPSA) is 68.8 Å². The van der Waals surface area contributed by atoms with Crippen molar-refractivity contribution in [2.45, 2.75) is 31.0 Å². The molecule has 7 heteroatoms. The highest BCUT2D eigenvalue weighted by molar-refractivity contribution is 5.70. The van der Waals surface area contributed by atoms with Crippen LogP contribution >= 0.6 is 0 Å². The molecule has 3 aromatic rings. The van der Waals surface area contributed by atoms with Gasteiger partial charge in [-0.3, -0.25) is 0 Å². The number of rotatable bonds is 3. The van der Waals surface area contributed by atoms with Crippen LogP contribution in [-0.4, -0.2) is 26.5 Å². The van der Waals surface area contributed by atoms with Crippen LogP contribution in [0.1, 0.15) is 30.2 Å². The molecule has 0 radical (unpaired) electrons. The first kappa shape index (κ1) is 13.7. The van der Waals surface area contributed by atoms with Crippen LogP contribution in [0.2, 0.25) is 0 Å². The highest BCUT2D eigenvalue weighted by Crippen LogP contribution is 2.61. The summed E-state index contributed by atoms with van der Waals surface area (Å²) >= 11 is 0. The molecule has 1 fully saturated rings. The van der Waals surface area contributed by atoms with Gasteiger partial charge in [-0.05, 0) is 12.0 Å². The van der Waals surface area contributed by atoms with E-state index in [1.165, 1.54) is 0 Å². The van der Waals surface area contributed by atoms with E-state index in [0.717, 1.165) is 30.9 Å². The summed E-state index contributed by atoms with van der Waals surface area (Å²) in [5.74, 6) is 1.34. The number of benzene rings is 1. The molecule has 2 aliphatic rings. The lowest BCUT2D eigenvalue weighted by molar-refractivity contribution is 0.283. The maximum Gasteiger partial charge on any atom is 0.233 e. The number of aromatic nitrogens is 4.